The highest BCUT2D eigenvalue weighted by molar-refractivity contribution is 7.11. The highest BCUT2D eigenvalue weighted by Crippen LogP contribution is 2.35. The molecular formula is C15H18N2OS. The fourth-order valence-corrected chi connectivity index (χ4v) is 3.32. The van der Waals surface area contributed by atoms with Gasteiger partial charge in [0.05, 0.1) is 18.8 Å². The van der Waals surface area contributed by atoms with Crippen LogP contribution in [-0.4, -0.2) is 18.1 Å². The van der Waals surface area contributed by atoms with Crippen molar-refractivity contribution in [2.45, 2.75) is 26.8 Å². The maximum atomic E-state index is 5.74. The predicted molar refractivity (Wildman–Crippen MR) is 79.2 cm³/mol. The van der Waals surface area contributed by atoms with E-state index >= 15 is 0 Å². The minimum atomic E-state index is 0.752. The number of para-hydroxylation sites is 1. The lowest BCUT2D eigenvalue weighted by Crippen LogP contribution is -2.32. The number of benzene rings is 1. The first-order valence-electron chi connectivity index (χ1n) is 6.69. The summed E-state index contributed by atoms with van der Waals surface area (Å²) in [6, 6.07) is 6.24. The summed E-state index contributed by atoms with van der Waals surface area (Å²) >= 11 is 1.81. The van der Waals surface area contributed by atoms with Gasteiger partial charge in [0, 0.05) is 11.1 Å². The second-order valence-corrected chi connectivity index (χ2v) is 5.97. The number of anilines is 1. The van der Waals surface area contributed by atoms with Gasteiger partial charge in [-0.05, 0) is 25.0 Å². The summed E-state index contributed by atoms with van der Waals surface area (Å²) in [4.78, 5) is 8.26. The van der Waals surface area contributed by atoms with Gasteiger partial charge in [0.1, 0.15) is 17.4 Å². The molecule has 1 aromatic heterocycles. The standard InChI is InChI=1S/C15H18N2OS/c1-3-12-9-16-14(19-12)10-17-7-8-18-13-6-4-5-11(2)15(13)17/h4-6,9H,3,7-8,10H2,1-2H3. The van der Waals surface area contributed by atoms with E-state index in [2.05, 4.69) is 35.9 Å². The molecule has 2 heterocycles. The molecule has 4 heteroatoms. The Morgan fingerprint density at radius 1 is 1.42 bits per heavy atom. The van der Waals surface area contributed by atoms with Crippen LogP contribution in [-0.2, 0) is 13.0 Å². The van der Waals surface area contributed by atoms with Crippen molar-refractivity contribution in [3.63, 3.8) is 0 Å². The van der Waals surface area contributed by atoms with Crippen LogP contribution >= 0.6 is 11.3 Å². The Kier molecular flexibility index (Phi) is 3.42. The van der Waals surface area contributed by atoms with E-state index in [0.29, 0.717) is 0 Å². The van der Waals surface area contributed by atoms with Crippen LogP contribution in [0, 0.1) is 6.92 Å². The SMILES string of the molecule is CCc1cnc(CN2CCOc3cccc(C)c32)s1. The third-order valence-electron chi connectivity index (χ3n) is 3.41. The Balaban J connectivity index is 1.87. The molecule has 2 aromatic rings. The van der Waals surface area contributed by atoms with Crippen molar-refractivity contribution < 1.29 is 4.74 Å². The highest BCUT2D eigenvalue weighted by Gasteiger charge is 2.20. The van der Waals surface area contributed by atoms with Gasteiger partial charge < -0.3 is 9.64 Å². The molecule has 3 nitrogen and oxygen atoms in total. The molecule has 1 aliphatic rings. The molecule has 0 atom stereocenters. The third kappa shape index (κ3) is 2.45. The summed E-state index contributed by atoms with van der Waals surface area (Å²) in [5.74, 6) is 0.999. The molecule has 0 fully saturated rings. The van der Waals surface area contributed by atoms with Crippen molar-refractivity contribution in [3.8, 4) is 5.75 Å². The molecule has 0 bridgehead atoms. The molecule has 0 N–H and O–H groups in total. The predicted octanol–water partition coefficient (Wildman–Crippen LogP) is 3.41. The van der Waals surface area contributed by atoms with Crippen molar-refractivity contribution >= 4 is 17.0 Å². The number of hydrogen-bond donors (Lipinski definition) is 0. The van der Waals surface area contributed by atoms with Gasteiger partial charge in [0.25, 0.3) is 0 Å². The molecule has 1 aliphatic heterocycles. The number of rotatable bonds is 3. The van der Waals surface area contributed by atoms with Crippen molar-refractivity contribution in [2.75, 3.05) is 18.1 Å². The van der Waals surface area contributed by atoms with E-state index in [1.165, 1.54) is 21.1 Å². The molecule has 0 radical (unpaired) electrons. The number of thiazole rings is 1. The number of hydrogen-bond acceptors (Lipinski definition) is 4. The molecule has 0 unspecified atom stereocenters. The zero-order valence-electron chi connectivity index (χ0n) is 11.3. The summed E-state index contributed by atoms with van der Waals surface area (Å²) in [5, 5.41) is 1.19. The van der Waals surface area contributed by atoms with Gasteiger partial charge in [-0.2, -0.15) is 0 Å². The van der Waals surface area contributed by atoms with Crippen LogP contribution in [0.15, 0.2) is 24.4 Å². The molecule has 0 amide bonds. The van der Waals surface area contributed by atoms with Crippen LogP contribution in [0.25, 0.3) is 0 Å². The summed E-state index contributed by atoms with van der Waals surface area (Å²) < 4.78 is 5.74. The number of aryl methyl sites for hydroxylation is 2. The van der Waals surface area contributed by atoms with Crippen LogP contribution in [0.5, 0.6) is 5.75 Å². The van der Waals surface area contributed by atoms with Gasteiger partial charge in [0.2, 0.25) is 0 Å². The van der Waals surface area contributed by atoms with Crippen molar-refractivity contribution in [1.82, 2.24) is 4.98 Å². The lowest BCUT2D eigenvalue weighted by atomic mass is 10.1. The second kappa shape index (κ2) is 5.21. The lowest BCUT2D eigenvalue weighted by Gasteiger charge is -2.32. The first-order valence-corrected chi connectivity index (χ1v) is 7.50. The first-order chi connectivity index (χ1) is 9.28. The largest absolute Gasteiger partial charge is 0.490 e. The monoisotopic (exact) mass is 274 g/mol. The Bertz CT molecular complexity index is 579. The lowest BCUT2D eigenvalue weighted by molar-refractivity contribution is 0.306. The topological polar surface area (TPSA) is 25.4 Å². The van der Waals surface area contributed by atoms with Crippen molar-refractivity contribution in [3.05, 3.63) is 39.8 Å². The quantitative estimate of drug-likeness (QED) is 0.857. The Morgan fingerprint density at radius 2 is 2.32 bits per heavy atom. The molecule has 0 saturated heterocycles. The molecule has 0 spiro atoms. The fourth-order valence-electron chi connectivity index (χ4n) is 2.44. The van der Waals surface area contributed by atoms with Crippen molar-refractivity contribution in [1.29, 1.82) is 0 Å². The molecule has 100 valence electrons. The number of nitrogens with zero attached hydrogens (tertiary/aromatic N) is 2. The zero-order chi connectivity index (χ0) is 13.2. The molecule has 19 heavy (non-hydrogen) atoms. The van der Waals surface area contributed by atoms with Crippen LogP contribution in [0.3, 0.4) is 0 Å². The van der Waals surface area contributed by atoms with Gasteiger partial charge >= 0.3 is 0 Å². The van der Waals surface area contributed by atoms with Gasteiger partial charge in [-0.15, -0.1) is 11.3 Å². The molecule has 0 aliphatic carbocycles. The van der Waals surface area contributed by atoms with E-state index in [9.17, 15) is 0 Å². The zero-order valence-corrected chi connectivity index (χ0v) is 12.2. The van der Waals surface area contributed by atoms with E-state index in [0.717, 1.165) is 31.9 Å². The maximum absolute atomic E-state index is 5.74. The van der Waals surface area contributed by atoms with E-state index in [-0.39, 0.29) is 0 Å². The van der Waals surface area contributed by atoms with E-state index < -0.39 is 0 Å². The number of fused-ring (bicyclic) bond motifs is 1. The number of ether oxygens (including phenoxy) is 1. The van der Waals surface area contributed by atoms with Crippen LogP contribution in [0.1, 0.15) is 22.4 Å². The number of aromatic nitrogens is 1. The maximum Gasteiger partial charge on any atom is 0.142 e. The van der Waals surface area contributed by atoms with Gasteiger partial charge in [-0.1, -0.05) is 19.1 Å². The molecule has 1 aromatic carbocycles. The summed E-state index contributed by atoms with van der Waals surface area (Å²) in [6.45, 7) is 6.87. The van der Waals surface area contributed by atoms with Crippen LogP contribution < -0.4 is 9.64 Å². The van der Waals surface area contributed by atoms with Crippen LogP contribution in [0.4, 0.5) is 5.69 Å². The van der Waals surface area contributed by atoms with Gasteiger partial charge in [-0.25, -0.2) is 4.98 Å². The van der Waals surface area contributed by atoms with Crippen LogP contribution in [0.2, 0.25) is 0 Å². The fraction of sp³-hybridized carbons (Fsp3) is 0.400. The van der Waals surface area contributed by atoms with Gasteiger partial charge in [-0.3, -0.25) is 0 Å². The summed E-state index contributed by atoms with van der Waals surface area (Å²) in [7, 11) is 0. The third-order valence-corrected chi connectivity index (χ3v) is 4.54. The highest BCUT2D eigenvalue weighted by atomic mass is 32.1. The second-order valence-electron chi connectivity index (χ2n) is 4.77. The van der Waals surface area contributed by atoms with E-state index in [1.807, 2.05) is 23.6 Å². The van der Waals surface area contributed by atoms with E-state index in [1.54, 1.807) is 0 Å². The summed E-state index contributed by atoms with van der Waals surface area (Å²) in [5.41, 5.74) is 2.49. The average Bonchev–Trinajstić information content (AvgIpc) is 2.87. The van der Waals surface area contributed by atoms with E-state index in [4.69, 9.17) is 4.74 Å². The average molecular weight is 274 g/mol. The normalized spacial score (nSPS) is 14.1. The van der Waals surface area contributed by atoms with Crippen molar-refractivity contribution in [2.24, 2.45) is 0 Å². The minimum Gasteiger partial charge on any atom is -0.490 e. The summed E-state index contributed by atoms with van der Waals surface area (Å²) in [6.07, 6.45) is 3.07. The molecule has 0 saturated carbocycles. The Hall–Kier alpha value is -1.55. The Labute approximate surface area is 117 Å². The first kappa shape index (κ1) is 12.5. The smallest absolute Gasteiger partial charge is 0.142 e. The Morgan fingerprint density at radius 3 is 3.11 bits per heavy atom. The molecular weight excluding hydrogens is 256 g/mol. The molecule has 3 rings (SSSR count). The van der Waals surface area contributed by atoms with Gasteiger partial charge in [0.15, 0.2) is 0 Å². The minimum absolute atomic E-state index is 0.752.